The molecule has 8 N–H and O–H groups in total. The Morgan fingerprint density at radius 1 is 1.08 bits per heavy atom. The minimum absolute atomic E-state index is 0. The van der Waals surface area contributed by atoms with E-state index in [-0.39, 0.29) is 52.4 Å². The van der Waals surface area contributed by atoms with Gasteiger partial charge in [-0.3, -0.25) is 19.4 Å². The number of methoxy groups -OCH3 is 1. The summed E-state index contributed by atoms with van der Waals surface area (Å²) >= 11 is 0. The van der Waals surface area contributed by atoms with Crippen molar-refractivity contribution in [3.63, 3.8) is 0 Å². The highest BCUT2D eigenvalue weighted by molar-refractivity contribution is 6.31. The van der Waals surface area contributed by atoms with Gasteiger partial charge in [0.2, 0.25) is 5.78 Å². The van der Waals surface area contributed by atoms with Crippen LogP contribution in [-0.2, 0) is 20.7 Å². The molecule has 6 rings (SSSR count). The normalized spacial score (nSPS) is 25.4. The molecule has 49 heavy (non-hydrogen) atoms. The van der Waals surface area contributed by atoms with Crippen molar-refractivity contribution in [1.82, 2.24) is 4.98 Å². The number of aliphatic hydroxyl groups excluding tert-OH is 2. The summed E-state index contributed by atoms with van der Waals surface area (Å²) in [6, 6.07) is 6.72. The number of pyridine rings is 1. The third-order valence-electron chi connectivity index (χ3n) is 8.71. The number of nitrogens with two attached hydrogens (primary N) is 1. The lowest BCUT2D eigenvalue weighted by atomic mass is 9.72. The summed E-state index contributed by atoms with van der Waals surface area (Å²) in [6.07, 6.45) is -2.28. The number of aromatic carboxylic acids is 1. The average Bonchev–Trinajstić information content (AvgIpc) is 3.07. The van der Waals surface area contributed by atoms with E-state index in [4.69, 9.17) is 25.1 Å². The fourth-order valence-corrected chi connectivity index (χ4v) is 6.24. The smallest absolute Gasteiger partial charge is 0.337 e. The van der Waals surface area contributed by atoms with Crippen LogP contribution in [-0.4, -0.2) is 103 Å². The SMILES string of the molecule is COc1cccc2c1C(=O)c1c(O)c3c(c(O)c1C2=O)C[C@@](O)(C(=O)CO)C[C@@H]3O[C@H]1C[C@H](N)[C@H](O)[C@H](C)O1.Cl.O=C(O)c1cccnc1. The first-order chi connectivity index (χ1) is 22.7. The molecule has 0 radical (unpaired) electrons. The Balaban J connectivity index is 0.000000471. The van der Waals surface area contributed by atoms with Crippen LogP contribution in [0.1, 0.15) is 79.2 Å². The number of hydrogen-bond acceptors (Lipinski definition) is 14. The van der Waals surface area contributed by atoms with Crippen molar-refractivity contribution < 1.29 is 64.0 Å². The van der Waals surface area contributed by atoms with Crippen LogP contribution in [0.5, 0.6) is 17.2 Å². The molecule has 3 aliphatic rings. The molecule has 1 fully saturated rings. The predicted molar refractivity (Wildman–Crippen MR) is 170 cm³/mol. The first-order valence-corrected chi connectivity index (χ1v) is 14.8. The first-order valence-electron chi connectivity index (χ1n) is 14.8. The van der Waals surface area contributed by atoms with Gasteiger partial charge in [-0.25, -0.2) is 4.79 Å². The van der Waals surface area contributed by atoms with Gasteiger partial charge in [-0.15, -0.1) is 12.4 Å². The Morgan fingerprint density at radius 3 is 2.35 bits per heavy atom. The van der Waals surface area contributed by atoms with Crippen molar-refractivity contribution in [2.45, 2.75) is 62.4 Å². The zero-order valence-corrected chi connectivity index (χ0v) is 27.0. The van der Waals surface area contributed by atoms with Crippen LogP contribution < -0.4 is 10.5 Å². The van der Waals surface area contributed by atoms with Gasteiger partial charge in [0.05, 0.1) is 47.7 Å². The van der Waals surface area contributed by atoms with E-state index in [2.05, 4.69) is 4.98 Å². The summed E-state index contributed by atoms with van der Waals surface area (Å²) in [7, 11) is 1.32. The summed E-state index contributed by atoms with van der Waals surface area (Å²) in [4.78, 5) is 53.5. The van der Waals surface area contributed by atoms with Crippen molar-refractivity contribution >= 4 is 35.7 Å². The molecule has 15 nitrogen and oxygen atoms in total. The lowest BCUT2D eigenvalue weighted by Gasteiger charge is -2.42. The number of Topliss-reactive ketones (excluding diaryl/α,β-unsaturated/α-hetero) is 1. The number of hydrogen-bond donors (Lipinski definition) is 7. The number of aromatic nitrogens is 1. The number of carbonyl (C=O) groups excluding carboxylic acids is 3. The maximum atomic E-state index is 13.6. The van der Waals surface area contributed by atoms with Crippen LogP contribution in [0.15, 0.2) is 42.7 Å². The van der Waals surface area contributed by atoms with Crippen LogP contribution in [0.2, 0.25) is 0 Å². The van der Waals surface area contributed by atoms with E-state index in [0.29, 0.717) is 0 Å². The Hall–Kier alpha value is -4.48. The van der Waals surface area contributed by atoms with Crippen molar-refractivity contribution in [2.24, 2.45) is 5.73 Å². The number of aliphatic hydroxyl groups is 3. The van der Waals surface area contributed by atoms with Crippen LogP contribution >= 0.6 is 12.4 Å². The molecule has 0 saturated carbocycles. The van der Waals surface area contributed by atoms with Crippen LogP contribution in [0.3, 0.4) is 0 Å². The molecular formula is C33H35ClN2O13. The number of phenolic OH excluding ortho intramolecular Hbond substituents is 2. The van der Waals surface area contributed by atoms with E-state index in [1.165, 1.54) is 43.8 Å². The van der Waals surface area contributed by atoms with Crippen LogP contribution in [0.4, 0.5) is 0 Å². The second-order valence-electron chi connectivity index (χ2n) is 11.7. The molecule has 0 spiro atoms. The van der Waals surface area contributed by atoms with Gasteiger partial charge >= 0.3 is 5.97 Å². The number of ether oxygens (including phenoxy) is 3. The minimum Gasteiger partial charge on any atom is -0.507 e. The number of rotatable bonds is 6. The molecule has 3 aromatic rings. The third kappa shape index (κ3) is 6.74. The quantitative estimate of drug-likeness (QED) is 0.139. The van der Waals surface area contributed by atoms with Crippen molar-refractivity contribution in [2.75, 3.05) is 13.7 Å². The summed E-state index contributed by atoms with van der Waals surface area (Å²) in [5.74, 6) is -4.72. The number of carboxylic acid groups (broad SMARTS) is 1. The topological polar surface area (TPSA) is 256 Å². The third-order valence-corrected chi connectivity index (χ3v) is 8.71. The highest BCUT2D eigenvalue weighted by Crippen LogP contribution is 2.52. The van der Waals surface area contributed by atoms with E-state index in [1.807, 2.05) is 0 Å². The lowest BCUT2D eigenvalue weighted by molar-refractivity contribution is -0.247. The molecule has 2 aliphatic carbocycles. The van der Waals surface area contributed by atoms with Gasteiger partial charge < -0.3 is 50.6 Å². The Kier molecular flexibility index (Phi) is 11.1. The van der Waals surface area contributed by atoms with E-state index in [9.17, 15) is 44.7 Å². The van der Waals surface area contributed by atoms with Gasteiger partial charge in [0, 0.05) is 54.4 Å². The maximum absolute atomic E-state index is 13.6. The molecule has 1 aromatic heterocycles. The van der Waals surface area contributed by atoms with Gasteiger partial charge in [0.15, 0.2) is 17.9 Å². The zero-order chi connectivity index (χ0) is 35.1. The largest absolute Gasteiger partial charge is 0.507 e. The maximum Gasteiger partial charge on any atom is 0.337 e. The van der Waals surface area contributed by atoms with E-state index < -0.39 is 102 Å². The number of benzene rings is 2. The number of fused-ring (bicyclic) bond motifs is 3. The summed E-state index contributed by atoms with van der Waals surface area (Å²) in [5.41, 5.74) is 2.59. The first kappa shape index (κ1) is 37.3. The molecule has 1 saturated heterocycles. The van der Waals surface area contributed by atoms with E-state index >= 15 is 0 Å². The molecule has 1 aliphatic heterocycles. The Labute approximate surface area is 285 Å². The second kappa shape index (κ2) is 14.6. The summed E-state index contributed by atoms with van der Waals surface area (Å²) in [6.45, 7) is 0.560. The number of halogens is 1. The number of ketones is 3. The number of aromatic hydroxyl groups is 2. The monoisotopic (exact) mass is 702 g/mol. The number of carboxylic acids is 1. The Bertz CT molecular complexity index is 1770. The van der Waals surface area contributed by atoms with E-state index in [0.717, 1.165) is 0 Å². The van der Waals surface area contributed by atoms with Crippen LogP contribution in [0.25, 0.3) is 0 Å². The second-order valence-corrected chi connectivity index (χ2v) is 11.7. The molecule has 2 heterocycles. The fraction of sp³-hybridized carbons (Fsp3) is 0.364. The van der Waals surface area contributed by atoms with Gasteiger partial charge in [-0.05, 0) is 25.1 Å². The van der Waals surface area contributed by atoms with E-state index in [1.54, 1.807) is 13.0 Å². The molecule has 0 unspecified atom stereocenters. The standard InChI is InChI=1S/C27H29NO11.C6H5NO2.ClH/c1-10-22(31)13(28)6-17(38-10)39-15-8-27(36,16(30)9-29)7-12-19(15)26(35)21-20(24(12)33)23(32)11-4-3-5-14(37-2)18(11)25(21)34;8-6(9)5-2-1-3-7-4-5;/h3-5,10,13,15,17,22,29,31,33,35-36H,6-9,28H2,1-2H3;1-4H,(H,8,9);1H/t10-,13-,15-,17-,22+,27-;;/m0../s1. The van der Waals surface area contributed by atoms with Crippen molar-refractivity contribution in [3.8, 4) is 17.2 Å². The van der Waals surface area contributed by atoms with Gasteiger partial charge in [0.1, 0.15) is 29.5 Å². The molecule has 0 amide bonds. The number of carbonyl (C=O) groups is 4. The summed E-state index contributed by atoms with van der Waals surface area (Å²) in [5, 5.41) is 62.0. The van der Waals surface area contributed by atoms with Gasteiger partial charge in [0.25, 0.3) is 0 Å². The highest BCUT2D eigenvalue weighted by Gasteiger charge is 2.50. The molecular weight excluding hydrogens is 668 g/mol. The van der Waals surface area contributed by atoms with Crippen molar-refractivity contribution in [3.05, 3.63) is 81.7 Å². The average molecular weight is 703 g/mol. The molecule has 6 atom stereocenters. The van der Waals surface area contributed by atoms with Crippen molar-refractivity contribution in [1.29, 1.82) is 0 Å². The number of phenols is 2. The lowest BCUT2D eigenvalue weighted by Crippen LogP contribution is -2.53. The minimum atomic E-state index is -2.24. The van der Waals surface area contributed by atoms with Gasteiger partial charge in [-0.1, -0.05) is 12.1 Å². The molecule has 2 aromatic carbocycles. The summed E-state index contributed by atoms with van der Waals surface area (Å²) < 4.78 is 17.0. The number of nitrogens with zero attached hydrogens (tertiary/aromatic N) is 1. The molecule has 0 bridgehead atoms. The molecule has 16 heteroatoms. The predicted octanol–water partition coefficient (Wildman–Crippen LogP) is 1.20. The highest BCUT2D eigenvalue weighted by atomic mass is 35.5. The molecule has 262 valence electrons. The fourth-order valence-electron chi connectivity index (χ4n) is 6.24. The zero-order valence-electron chi connectivity index (χ0n) is 26.2. The Morgan fingerprint density at radius 2 is 1.78 bits per heavy atom. The van der Waals surface area contributed by atoms with Gasteiger partial charge in [-0.2, -0.15) is 0 Å². The van der Waals surface area contributed by atoms with Crippen LogP contribution in [0, 0.1) is 0 Å².